The summed E-state index contributed by atoms with van der Waals surface area (Å²) in [6.07, 6.45) is 0.336. The zero-order valence-electron chi connectivity index (χ0n) is 7.83. The average molecular weight is 302 g/mol. The summed E-state index contributed by atoms with van der Waals surface area (Å²) in [6, 6.07) is 7.52. The minimum Gasteiger partial charge on any atom is -0.497 e. The molecule has 0 aromatic heterocycles. The highest BCUT2D eigenvalue weighted by atomic mass is 127. The largest absolute Gasteiger partial charge is 0.497 e. The maximum atomic E-state index is 8.53. The van der Waals surface area contributed by atoms with E-state index < -0.39 is 0 Å². The van der Waals surface area contributed by atoms with Crippen LogP contribution >= 0.6 is 22.6 Å². The molecule has 3 nitrogen and oxygen atoms in total. The van der Waals surface area contributed by atoms with Gasteiger partial charge in [-0.25, -0.2) is 0 Å². The Morgan fingerprint density at radius 1 is 1.64 bits per heavy atom. The van der Waals surface area contributed by atoms with Gasteiger partial charge in [0.05, 0.1) is 19.6 Å². The van der Waals surface area contributed by atoms with Crippen molar-refractivity contribution in [2.45, 2.75) is 12.5 Å². The number of rotatable bonds is 3. The highest BCUT2D eigenvalue weighted by molar-refractivity contribution is 14.1. The Morgan fingerprint density at radius 2 is 2.36 bits per heavy atom. The predicted octanol–water partition coefficient (Wildman–Crippen LogP) is 2.21. The number of nitriles is 1. The van der Waals surface area contributed by atoms with Gasteiger partial charge in [0.15, 0.2) is 0 Å². The van der Waals surface area contributed by atoms with Gasteiger partial charge in [0, 0.05) is 9.61 Å². The Balaban J connectivity index is 2.94. The van der Waals surface area contributed by atoms with Crippen LogP contribution in [-0.4, -0.2) is 7.11 Å². The number of methoxy groups -OCH3 is 1. The molecule has 4 heteroatoms. The second-order valence-corrected chi connectivity index (χ2v) is 4.02. The molecule has 0 spiro atoms. The van der Waals surface area contributed by atoms with Gasteiger partial charge in [0.2, 0.25) is 0 Å². The molecule has 0 unspecified atom stereocenters. The van der Waals surface area contributed by atoms with Crippen molar-refractivity contribution in [2.24, 2.45) is 5.73 Å². The SMILES string of the molecule is COc1ccc([C@@H](N)CC#N)c(I)c1. The Hall–Kier alpha value is -0.800. The Bertz CT molecular complexity index is 360. The summed E-state index contributed by atoms with van der Waals surface area (Å²) in [5.41, 5.74) is 6.82. The first-order chi connectivity index (χ1) is 6.69. The van der Waals surface area contributed by atoms with Crippen LogP contribution in [0.1, 0.15) is 18.0 Å². The molecule has 1 aromatic rings. The van der Waals surface area contributed by atoms with Gasteiger partial charge in [-0.2, -0.15) is 5.26 Å². The maximum Gasteiger partial charge on any atom is 0.119 e. The molecule has 0 aliphatic heterocycles. The fourth-order valence-electron chi connectivity index (χ4n) is 1.14. The molecule has 14 heavy (non-hydrogen) atoms. The number of nitrogens with two attached hydrogens (primary N) is 1. The Labute approximate surface area is 97.0 Å². The molecule has 1 rings (SSSR count). The fourth-order valence-corrected chi connectivity index (χ4v) is 2.03. The molecule has 0 radical (unpaired) electrons. The van der Waals surface area contributed by atoms with E-state index in [-0.39, 0.29) is 6.04 Å². The fraction of sp³-hybridized carbons (Fsp3) is 0.300. The molecule has 0 aliphatic carbocycles. The molecule has 74 valence electrons. The van der Waals surface area contributed by atoms with Crippen LogP contribution in [0.15, 0.2) is 18.2 Å². The standard InChI is InChI=1S/C10H11IN2O/c1-14-7-2-3-8(9(11)6-7)10(13)4-5-12/h2-3,6,10H,4,13H2,1H3/t10-/m0/s1. The quantitative estimate of drug-likeness (QED) is 0.871. The summed E-state index contributed by atoms with van der Waals surface area (Å²) in [5.74, 6) is 0.808. The van der Waals surface area contributed by atoms with Crippen molar-refractivity contribution in [1.82, 2.24) is 0 Å². The number of halogens is 1. The summed E-state index contributed by atoms with van der Waals surface area (Å²) < 4.78 is 6.11. The molecule has 0 heterocycles. The molecule has 0 bridgehead atoms. The molecule has 0 amide bonds. The summed E-state index contributed by atoms with van der Waals surface area (Å²) in [7, 11) is 1.63. The van der Waals surface area contributed by atoms with Crippen molar-refractivity contribution in [3.05, 3.63) is 27.3 Å². The lowest BCUT2D eigenvalue weighted by Crippen LogP contribution is -2.10. The van der Waals surface area contributed by atoms with Crippen LogP contribution in [0.3, 0.4) is 0 Å². The lowest BCUT2D eigenvalue weighted by Gasteiger charge is -2.11. The zero-order chi connectivity index (χ0) is 10.6. The third kappa shape index (κ3) is 2.59. The summed E-state index contributed by atoms with van der Waals surface area (Å²) >= 11 is 2.19. The van der Waals surface area contributed by atoms with E-state index in [9.17, 15) is 0 Å². The van der Waals surface area contributed by atoms with Crippen molar-refractivity contribution in [3.8, 4) is 11.8 Å². The van der Waals surface area contributed by atoms with E-state index >= 15 is 0 Å². The molecule has 1 atom stereocenters. The van der Waals surface area contributed by atoms with Crippen LogP contribution in [-0.2, 0) is 0 Å². The van der Waals surface area contributed by atoms with Crippen molar-refractivity contribution in [2.75, 3.05) is 7.11 Å². The average Bonchev–Trinajstić information content (AvgIpc) is 2.17. The van der Waals surface area contributed by atoms with Crippen molar-refractivity contribution in [1.29, 1.82) is 5.26 Å². The first kappa shape index (κ1) is 11.3. The van der Waals surface area contributed by atoms with Gasteiger partial charge >= 0.3 is 0 Å². The molecular formula is C10H11IN2O. The van der Waals surface area contributed by atoms with E-state index in [1.807, 2.05) is 18.2 Å². The summed E-state index contributed by atoms with van der Waals surface area (Å²) in [5, 5.41) is 8.53. The second-order valence-electron chi connectivity index (χ2n) is 2.86. The summed E-state index contributed by atoms with van der Waals surface area (Å²) in [4.78, 5) is 0. The van der Waals surface area contributed by atoms with Gasteiger partial charge < -0.3 is 10.5 Å². The normalized spacial score (nSPS) is 11.9. The van der Waals surface area contributed by atoms with Crippen LogP contribution in [0.4, 0.5) is 0 Å². The van der Waals surface area contributed by atoms with E-state index in [0.717, 1.165) is 14.9 Å². The minimum atomic E-state index is -0.210. The van der Waals surface area contributed by atoms with E-state index in [1.54, 1.807) is 7.11 Å². The van der Waals surface area contributed by atoms with Gasteiger partial charge in [0.25, 0.3) is 0 Å². The monoisotopic (exact) mass is 302 g/mol. The maximum absolute atomic E-state index is 8.53. The van der Waals surface area contributed by atoms with Crippen molar-refractivity contribution in [3.63, 3.8) is 0 Å². The highest BCUT2D eigenvalue weighted by Crippen LogP contribution is 2.24. The molecular weight excluding hydrogens is 291 g/mol. The topological polar surface area (TPSA) is 59.0 Å². The Kier molecular flexibility index (Phi) is 4.17. The van der Waals surface area contributed by atoms with E-state index in [0.29, 0.717) is 6.42 Å². The van der Waals surface area contributed by atoms with Crippen molar-refractivity contribution >= 4 is 22.6 Å². The minimum absolute atomic E-state index is 0.210. The number of nitrogens with zero attached hydrogens (tertiary/aromatic N) is 1. The van der Waals surface area contributed by atoms with Gasteiger partial charge in [-0.05, 0) is 40.3 Å². The second kappa shape index (κ2) is 5.17. The molecule has 0 saturated carbocycles. The number of ether oxygens (including phenoxy) is 1. The van der Waals surface area contributed by atoms with Crippen LogP contribution in [0, 0.1) is 14.9 Å². The lowest BCUT2D eigenvalue weighted by molar-refractivity contribution is 0.414. The lowest BCUT2D eigenvalue weighted by atomic mass is 10.1. The van der Waals surface area contributed by atoms with Crippen LogP contribution in [0.25, 0.3) is 0 Å². The van der Waals surface area contributed by atoms with Gasteiger partial charge in [0.1, 0.15) is 5.75 Å². The molecule has 0 aliphatic rings. The molecule has 0 fully saturated rings. The number of benzene rings is 1. The molecule has 0 saturated heterocycles. The number of hydrogen-bond donors (Lipinski definition) is 1. The smallest absolute Gasteiger partial charge is 0.119 e. The van der Waals surface area contributed by atoms with Gasteiger partial charge in [-0.15, -0.1) is 0 Å². The van der Waals surface area contributed by atoms with Crippen LogP contribution in [0.5, 0.6) is 5.75 Å². The van der Waals surface area contributed by atoms with Crippen LogP contribution in [0.2, 0.25) is 0 Å². The Morgan fingerprint density at radius 3 is 2.86 bits per heavy atom. The van der Waals surface area contributed by atoms with Gasteiger partial charge in [-0.3, -0.25) is 0 Å². The van der Waals surface area contributed by atoms with Crippen molar-refractivity contribution < 1.29 is 4.74 Å². The number of hydrogen-bond acceptors (Lipinski definition) is 3. The van der Waals surface area contributed by atoms with E-state index in [4.69, 9.17) is 15.7 Å². The first-order valence-electron chi connectivity index (χ1n) is 4.15. The zero-order valence-corrected chi connectivity index (χ0v) is 9.98. The van der Waals surface area contributed by atoms with E-state index in [2.05, 4.69) is 28.7 Å². The third-order valence-corrected chi connectivity index (χ3v) is 2.85. The third-order valence-electron chi connectivity index (χ3n) is 1.92. The molecule has 1 aromatic carbocycles. The predicted molar refractivity (Wildman–Crippen MR) is 62.9 cm³/mol. The summed E-state index contributed by atoms with van der Waals surface area (Å²) in [6.45, 7) is 0. The molecule has 2 N–H and O–H groups in total. The van der Waals surface area contributed by atoms with Gasteiger partial charge in [-0.1, -0.05) is 6.07 Å². The first-order valence-corrected chi connectivity index (χ1v) is 5.23. The highest BCUT2D eigenvalue weighted by Gasteiger charge is 2.09. The van der Waals surface area contributed by atoms with Crippen LogP contribution < -0.4 is 10.5 Å². The van der Waals surface area contributed by atoms with E-state index in [1.165, 1.54) is 0 Å².